The van der Waals surface area contributed by atoms with Gasteiger partial charge in [-0.25, -0.2) is 0 Å². The molecule has 11 aromatic rings. The zero-order valence-corrected chi connectivity index (χ0v) is 30.5. The topological polar surface area (TPSA) is 26.3 Å². The van der Waals surface area contributed by atoms with Gasteiger partial charge in [0.25, 0.3) is 0 Å². The minimum Gasteiger partial charge on any atom is -0.452 e. The van der Waals surface area contributed by atoms with E-state index in [1.165, 1.54) is 71.6 Å². The lowest BCUT2D eigenvalue weighted by Gasteiger charge is -2.23. The maximum Gasteiger partial charge on any atom is 0.178 e. The highest BCUT2D eigenvalue weighted by molar-refractivity contribution is 6.22. The summed E-state index contributed by atoms with van der Waals surface area (Å²) < 4.78 is 12.9. The molecule has 0 amide bonds. The lowest BCUT2D eigenvalue weighted by molar-refractivity contribution is 0.633. The molecule has 0 unspecified atom stereocenters. The summed E-state index contributed by atoms with van der Waals surface area (Å²) in [5.41, 5.74) is 15.9. The lowest BCUT2D eigenvalue weighted by atomic mass is 9.80. The van der Waals surface area contributed by atoms with Gasteiger partial charge in [-0.05, 0) is 120 Å². The summed E-state index contributed by atoms with van der Waals surface area (Å²) in [6.45, 7) is 4.74. The Morgan fingerprint density at radius 2 is 0.836 bits per heavy atom. The molecule has 12 rings (SSSR count). The summed E-state index contributed by atoms with van der Waals surface area (Å²) in [5, 5.41) is 9.46. The molecule has 55 heavy (non-hydrogen) atoms. The third kappa shape index (κ3) is 4.25. The van der Waals surface area contributed by atoms with E-state index < -0.39 is 0 Å². The molecular weight excluding hydrogens is 669 g/mol. The molecular formula is C53H34O2. The molecule has 0 saturated heterocycles. The Morgan fingerprint density at radius 1 is 0.327 bits per heavy atom. The second kappa shape index (κ2) is 11.1. The van der Waals surface area contributed by atoms with Gasteiger partial charge in [0, 0.05) is 27.0 Å². The summed E-state index contributed by atoms with van der Waals surface area (Å²) in [6, 6.07) is 61.9. The van der Waals surface area contributed by atoms with Crippen LogP contribution in [0.15, 0.2) is 179 Å². The zero-order chi connectivity index (χ0) is 36.4. The van der Waals surface area contributed by atoms with Crippen LogP contribution in [0.25, 0.3) is 110 Å². The van der Waals surface area contributed by atoms with Crippen molar-refractivity contribution in [3.8, 4) is 44.5 Å². The Hall–Kier alpha value is -6.90. The van der Waals surface area contributed by atoms with Gasteiger partial charge in [-0.2, -0.15) is 0 Å². The minimum atomic E-state index is -0.157. The largest absolute Gasteiger partial charge is 0.452 e. The van der Waals surface area contributed by atoms with Gasteiger partial charge < -0.3 is 8.83 Å². The summed E-state index contributed by atoms with van der Waals surface area (Å²) in [7, 11) is 0. The monoisotopic (exact) mass is 702 g/mol. The van der Waals surface area contributed by atoms with Crippen molar-refractivity contribution in [1.29, 1.82) is 0 Å². The number of hydrogen-bond acceptors (Lipinski definition) is 2. The van der Waals surface area contributed by atoms with Crippen molar-refractivity contribution >= 4 is 65.4 Å². The lowest BCUT2D eigenvalue weighted by Crippen LogP contribution is -2.15. The van der Waals surface area contributed by atoms with Crippen molar-refractivity contribution in [3.05, 3.63) is 181 Å². The maximum absolute atomic E-state index is 6.59. The summed E-state index contributed by atoms with van der Waals surface area (Å²) in [5.74, 6) is 0. The van der Waals surface area contributed by atoms with E-state index >= 15 is 0 Å². The van der Waals surface area contributed by atoms with Crippen molar-refractivity contribution in [2.75, 3.05) is 0 Å². The van der Waals surface area contributed by atoms with E-state index in [4.69, 9.17) is 8.83 Å². The molecule has 0 spiro atoms. The Balaban J connectivity index is 0.995. The van der Waals surface area contributed by atoms with Gasteiger partial charge in [-0.15, -0.1) is 0 Å². The van der Waals surface area contributed by atoms with Crippen LogP contribution in [0.1, 0.15) is 25.0 Å². The molecule has 1 aliphatic carbocycles. The van der Waals surface area contributed by atoms with Gasteiger partial charge in [0.1, 0.15) is 11.2 Å². The molecule has 1 aliphatic rings. The number of rotatable bonds is 3. The first-order valence-electron chi connectivity index (χ1n) is 19.1. The first-order chi connectivity index (χ1) is 27.0. The maximum atomic E-state index is 6.59. The number of benzene rings is 9. The van der Waals surface area contributed by atoms with Gasteiger partial charge in [-0.1, -0.05) is 141 Å². The molecule has 0 saturated carbocycles. The van der Waals surface area contributed by atoms with E-state index in [2.05, 4.69) is 172 Å². The third-order valence-electron chi connectivity index (χ3n) is 12.3. The van der Waals surface area contributed by atoms with E-state index in [0.717, 1.165) is 49.4 Å². The second-order valence-electron chi connectivity index (χ2n) is 15.6. The number of furan rings is 2. The quantitative estimate of drug-likeness (QED) is 0.171. The molecule has 2 nitrogen and oxygen atoms in total. The van der Waals surface area contributed by atoms with Gasteiger partial charge >= 0.3 is 0 Å². The molecule has 0 aliphatic heterocycles. The molecule has 2 aromatic heterocycles. The van der Waals surface area contributed by atoms with E-state index in [1.807, 2.05) is 12.1 Å². The predicted octanol–water partition coefficient (Wildman–Crippen LogP) is 15.1. The smallest absolute Gasteiger partial charge is 0.178 e. The van der Waals surface area contributed by atoms with Crippen molar-refractivity contribution < 1.29 is 8.83 Å². The SMILES string of the molecule is CC1(C)c2ccc(-c3ccc4c(c3)oc3c4ccc4c5ccccc5oc43)cc2-c2ccc(-c3c4ccccc4c(-c4ccccc4)c4ccccc34)cc21. The van der Waals surface area contributed by atoms with Crippen LogP contribution in [0.2, 0.25) is 0 Å². The molecule has 0 atom stereocenters. The predicted molar refractivity (Wildman–Crippen MR) is 230 cm³/mol. The number of hydrogen-bond donors (Lipinski definition) is 0. The van der Waals surface area contributed by atoms with Crippen molar-refractivity contribution in [2.45, 2.75) is 19.3 Å². The fraction of sp³-hybridized carbons (Fsp3) is 0.0566. The number of fused-ring (bicyclic) bond motifs is 12. The van der Waals surface area contributed by atoms with Crippen LogP contribution in [0.5, 0.6) is 0 Å². The fourth-order valence-corrected chi connectivity index (χ4v) is 9.64. The van der Waals surface area contributed by atoms with Crippen LogP contribution in [0.3, 0.4) is 0 Å². The molecule has 0 bridgehead atoms. The zero-order valence-electron chi connectivity index (χ0n) is 30.5. The average molecular weight is 703 g/mol. The van der Waals surface area contributed by atoms with Gasteiger partial charge in [0.05, 0.1) is 0 Å². The number of para-hydroxylation sites is 1. The fourth-order valence-electron chi connectivity index (χ4n) is 9.64. The van der Waals surface area contributed by atoms with Crippen LogP contribution >= 0.6 is 0 Å². The molecule has 0 N–H and O–H groups in total. The van der Waals surface area contributed by atoms with Crippen LogP contribution in [0, 0.1) is 0 Å². The van der Waals surface area contributed by atoms with Crippen molar-refractivity contribution in [3.63, 3.8) is 0 Å². The van der Waals surface area contributed by atoms with Crippen LogP contribution in [0.4, 0.5) is 0 Å². The summed E-state index contributed by atoms with van der Waals surface area (Å²) in [6.07, 6.45) is 0. The van der Waals surface area contributed by atoms with Crippen molar-refractivity contribution in [1.82, 2.24) is 0 Å². The average Bonchev–Trinajstić information content (AvgIpc) is 3.87. The Bertz CT molecular complexity index is 3340. The van der Waals surface area contributed by atoms with E-state index in [1.54, 1.807) is 0 Å². The van der Waals surface area contributed by atoms with Crippen LogP contribution in [-0.2, 0) is 5.41 Å². The van der Waals surface area contributed by atoms with Crippen LogP contribution in [-0.4, -0.2) is 0 Å². The van der Waals surface area contributed by atoms with Gasteiger partial charge in [0.2, 0.25) is 0 Å². The third-order valence-corrected chi connectivity index (χ3v) is 12.3. The molecule has 0 radical (unpaired) electrons. The van der Waals surface area contributed by atoms with Crippen molar-refractivity contribution in [2.24, 2.45) is 0 Å². The second-order valence-corrected chi connectivity index (χ2v) is 15.6. The highest BCUT2D eigenvalue weighted by Crippen LogP contribution is 2.52. The first kappa shape index (κ1) is 30.6. The highest BCUT2D eigenvalue weighted by Gasteiger charge is 2.36. The minimum absolute atomic E-state index is 0.157. The summed E-state index contributed by atoms with van der Waals surface area (Å²) in [4.78, 5) is 0. The summed E-state index contributed by atoms with van der Waals surface area (Å²) >= 11 is 0. The Labute approximate surface area is 317 Å². The standard InChI is InChI=1S/C53H34O2/c1-53(2)45-27-22-32(33-20-24-37-43-26-25-42-36-14-10-11-19-47(36)54-51(42)52(43)55-48(37)30-33)28-44(45)35-23-21-34(29-46(35)53)50-40-17-8-6-15-38(40)49(31-12-4-3-5-13-31)39-16-7-9-18-41(39)50/h3-30H,1-2H3. The van der Waals surface area contributed by atoms with Crippen LogP contribution < -0.4 is 0 Å². The van der Waals surface area contributed by atoms with E-state index in [9.17, 15) is 0 Å². The van der Waals surface area contributed by atoms with E-state index in [-0.39, 0.29) is 5.41 Å². The molecule has 2 heterocycles. The normalized spacial score (nSPS) is 13.4. The Morgan fingerprint density at radius 3 is 1.53 bits per heavy atom. The molecule has 2 heteroatoms. The van der Waals surface area contributed by atoms with Gasteiger partial charge in [0.15, 0.2) is 11.2 Å². The first-order valence-corrected chi connectivity index (χ1v) is 19.1. The molecule has 258 valence electrons. The van der Waals surface area contributed by atoms with E-state index in [0.29, 0.717) is 0 Å². The Kier molecular flexibility index (Phi) is 6.15. The van der Waals surface area contributed by atoms with Gasteiger partial charge in [-0.3, -0.25) is 0 Å². The highest BCUT2D eigenvalue weighted by atomic mass is 16.4. The molecule has 9 aromatic carbocycles. The molecule has 0 fully saturated rings.